The van der Waals surface area contributed by atoms with Crippen LogP contribution in [0.2, 0.25) is 0 Å². The predicted octanol–water partition coefficient (Wildman–Crippen LogP) is 2.94. The van der Waals surface area contributed by atoms with Crippen LogP contribution in [-0.2, 0) is 11.4 Å². The van der Waals surface area contributed by atoms with Gasteiger partial charge in [0.2, 0.25) is 11.9 Å². The molecule has 0 fully saturated rings. The minimum absolute atomic E-state index is 0.418. The predicted molar refractivity (Wildman–Crippen MR) is 106 cm³/mol. The van der Waals surface area contributed by atoms with E-state index in [0.717, 1.165) is 11.1 Å². The quantitative estimate of drug-likeness (QED) is 0.715. The summed E-state index contributed by atoms with van der Waals surface area (Å²) < 4.78 is 7.77. The van der Waals surface area contributed by atoms with E-state index >= 15 is 0 Å². The molecule has 1 aliphatic heterocycles. The number of fused-ring (bicyclic) bond motifs is 1. The van der Waals surface area contributed by atoms with Crippen LogP contribution in [0.5, 0.6) is 5.75 Å². The highest BCUT2D eigenvalue weighted by Gasteiger charge is 2.33. The summed E-state index contributed by atoms with van der Waals surface area (Å²) >= 11 is 0. The third-order valence-corrected chi connectivity index (χ3v) is 4.79. The van der Waals surface area contributed by atoms with Crippen LogP contribution < -0.4 is 15.8 Å². The molecular formula is C21H21N5O2. The summed E-state index contributed by atoms with van der Waals surface area (Å²) in [6, 6.07) is 15.3. The van der Waals surface area contributed by atoms with Gasteiger partial charge in [0.05, 0.1) is 5.57 Å². The highest BCUT2D eigenvalue weighted by Crippen LogP contribution is 2.38. The van der Waals surface area contributed by atoms with E-state index in [-0.39, 0.29) is 0 Å². The van der Waals surface area contributed by atoms with Crippen molar-refractivity contribution in [3.8, 4) is 5.75 Å². The molecular weight excluding hydrogens is 354 g/mol. The molecule has 0 saturated carbocycles. The molecule has 7 heteroatoms. The molecule has 0 spiro atoms. The zero-order valence-corrected chi connectivity index (χ0v) is 15.7. The average Bonchev–Trinajstić information content (AvgIpc) is 3.14. The van der Waals surface area contributed by atoms with Gasteiger partial charge in [0.1, 0.15) is 24.7 Å². The Morgan fingerprint density at radius 3 is 2.68 bits per heavy atom. The molecule has 1 atom stereocenters. The maximum Gasteiger partial charge on any atom is 0.248 e. The topological polar surface area (TPSA) is 95.1 Å². The molecule has 2 aromatic carbocycles. The van der Waals surface area contributed by atoms with Gasteiger partial charge in [0, 0.05) is 11.3 Å². The van der Waals surface area contributed by atoms with Crippen LogP contribution in [0.25, 0.3) is 0 Å². The lowest BCUT2D eigenvalue weighted by Crippen LogP contribution is -2.32. The number of amides is 1. The summed E-state index contributed by atoms with van der Waals surface area (Å²) in [5.74, 6) is 0.716. The van der Waals surface area contributed by atoms with E-state index in [2.05, 4.69) is 27.5 Å². The Morgan fingerprint density at radius 1 is 1.18 bits per heavy atom. The van der Waals surface area contributed by atoms with Crippen molar-refractivity contribution in [2.45, 2.75) is 26.5 Å². The number of nitrogens with two attached hydrogens (primary N) is 1. The van der Waals surface area contributed by atoms with Gasteiger partial charge in [-0.1, -0.05) is 48.0 Å². The number of carbonyl (C=O) groups excluding carboxylic acids is 1. The number of hydrogen-bond donors (Lipinski definition) is 2. The lowest BCUT2D eigenvalue weighted by Gasteiger charge is -2.28. The van der Waals surface area contributed by atoms with Crippen molar-refractivity contribution < 1.29 is 9.53 Å². The molecule has 1 amide bonds. The summed E-state index contributed by atoms with van der Waals surface area (Å²) in [4.78, 5) is 16.4. The van der Waals surface area contributed by atoms with Gasteiger partial charge in [0.25, 0.3) is 0 Å². The first kappa shape index (κ1) is 17.8. The van der Waals surface area contributed by atoms with Crippen molar-refractivity contribution in [2.24, 2.45) is 5.73 Å². The summed E-state index contributed by atoms with van der Waals surface area (Å²) in [5.41, 5.74) is 9.86. The lowest BCUT2D eigenvalue weighted by atomic mass is 9.94. The van der Waals surface area contributed by atoms with Crippen molar-refractivity contribution in [2.75, 3.05) is 5.32 Å². The second-order valence-corrected chi connectivity index (χ2v) is 6.77. The molecule has 0 saturated heterocycles. The standard InChI is InChI=1S/C21H21N5O2/c1-13-7-9-15(10-8-13)11-28-17-6-4-3-5-16(17)19-18(20(22)27)14(2)25-21-23-12-24-26(19)21/h3-10,12,19H,11H2,1-2H3,(H2,22,27)(H,23,24,25). The maximum absolute atomic E-state index is 12.2. The molecule has 28 heavy (non-hydrogen) atoms. The van der Waals surface area contributed by atoms with E-state index in [4.69, 9.17) is 10.5 Å². The number of nitrogens with zero attached hydrogens (tertiary/aromatic N) is 3. The number of allylic oxidation sites excluding steroid dienone is 1. The molecule has 3 N–H and O–H groups in total. The Balaban J connectivity index is 1.73. The van der Waals surface area contributed by atoms with Crippen LogP contribution in [0.4, 0.5) is 5.95 Å². The zero-order chi connectivity index (χ0) is 19.7. The molecule has 142 valence electrons. The minimum Gasteiger partial charge on any atom is -0.489 e. The van der Waals surface area contributed by atoms with Gasteiger partial charge in [0.15, 0.2) is 0 Å². The van der Waals surface area contributed by atoms with Crippen LogP contribution in [0.15, 0.2) is 66.1 Å². The first-order valence-electron chi connectivity index (χ1n) is 8.99. The van der Waals surface area contributed by atoms with Crippen molar-refractivity contribution in [3.05, 3.63) is 82.8 Å². The lowest BCUT2D eigenvalue weighted by molar-refractivity contribution is -0.115. The fourth-order valence-electron chi connectivity index (χ4n) is 3.38. The third kappa shape index (κ3) is 3.22. The molecule has 1 aromatic heterocycles. The highest BCUT2D eigenvalue weighted by atomic mass is 16.5. The Labute approximate surface area is 162 Å². The molecule has 3 aromatic rings. The number of para-hydroxylation sites is 1. The van der Waals surface area contributed by atoms with E-state index in [1.54, 1.807) is 11.6 Å². The van der Waals surface area contributed by atoms with E-state index < -0.39 is 11.9 Å². The number of aryl methyl sites for hydroxylation is 1. The van der Waals surface area contributed by atoms with Gasteiger partial charge in [-0.05, 0) is 25.5 Å². The van der Waals surface area contributed by atoms with E-state index in [1.807, 2.05) is 43.3 Å². The molecule has 0 radical (unpaired) electrons. The van der Waals surface area contributed by atoms with Crippen molar-refractivity contribution >= 4 is 11.9 Å². The van der Waals surface area contributed by atoms with Crippen molar-refractivity contribution in [1.29, 1.82) is 0 Å². The summed E-state index contributed by atoms with van der Waals surface area (Å²) in [6.07, 6.45) is 1.45. The van der Waals surface area contributed by atoms with Gasteiger partial charge >= 0.3 is 0 Å². The number of aromatic nitrogens is 3. The molecule has 0 aliphatic carbocycles. The monoisotopic (exact) mass is 375 g/mol. The summed E-state index contributed by atoms with van der Waals surface area (Å²) in [5, 5.41) is 7.38. The van der Waals surface area contributed by atoms with Gasteiger partial charge in [-0.15, -0.1) is 0 Å². The Hall–Kier alpha value is -3.61. The van der Waals surface area contributed by atoms with E-state index in [0.29, 0.717) is 29.6 Å². The molecule has 0 bridgehead atoms. The number of benzene rings is 2. The molecule has 7 nitrogen and oxygen atoms in total. The molecule has 1 aliphatic rings. The van der Waals surface area contributed by atoms with Crippen molar-refractivity contribution in [3.63, 3.8) is 0 Å². The van der Waals surface area contributed by atoms with Crippen LogP contribution in [-0.4, -0.2) is 20.7 Å². The van der Waals surface area contributed by atoms with Gasteiger partial charge < -0.3 is 15.8 Å². The smallest absolute Gasteiger partial charge is 0.248 e. The zero-order valence-electron chi connectivity index (χ0n) is 15.7. The van der Waals surface area contributed by atoms with Crippen LogP contribution in [0.3, 0.4) is 0 Å². The largest absolute Gasteiger partial charge is 0.489 e. The first-order chi connectivity index (χ1) is 13.5. The highest BCUT2D eigenvalue weighted by molar-refractivity contribution is 5.95. The fraction of sp³-hybridized carbons (Fsp3) is 0.190. The first-order valence-corrected chi connectivity index (χ1v) is 8.99. The molecule has 2 heterocycles. The number of carbonyl (C=O) groups is 1. The number of ether oxygens (including phenoxy) is 1. The third-order valence-electron chi connectivity index (χ3n) is 4.79. The van der Waals surface area contributed by atoms with Gasteiger partial charge in [-0.2, -0.15) is 10.1 Å². The average molecular weight is 375 g/mol. The number of hydrogen-bond acceptors (Lipinski definition) is 5. The van der Waals surface area contributed by atoms with E-state index in [1.165, 1.54) is 11.9 Å². The Kier molecular flexibility index (Phi) is 4.57. The van der Waals surface area contributed by atoms with E-state index in [9.17, 15) is 4.79 Å². The van der Waals surface area contributed by atoms with Crippen LogP contribution in [0, 0.1) is 6.92 Å². The molecule has 4 rings (SSSR count). The van der Waals surface area contributed by atoms with Gasteiger partial charge in [-0.3, -0.25) is 4.79 Å². The van der Waals surface area contributed by atoms with Crippen LogP contribution >= 0.6 is 0 Å². The molecule has 1 unspecified atom stereocenters. The Morgan fingerprint density at radius 2 is 1.93 bits per heavy atom. The second kappa shape index (κ2) is 7.19. The number of nitrogens with one attached hydrogen (secondary N) is 1. The van der Waals surface area contributed by atoms with Crippen LogP contribution in [0.1, 0.15) is 29.7 Å². The number of anilines is 1. The number of rotatable bonds is 5. The van der Waals surface area contributed by atoms with Crippen molar-refractivity contribution in [1.82, 2.24) is 14.8 Å². The SMILES string of the molecule is CC1=C(C(N)=O)C(c2ccccc2OCc2ccc(C)cc2)n2ncnc2N1. The number of primary amides is 1. The van der Waals surface area contributed by atoms with Gasteiger partial charge in [-0.25, -0.2) is 4.68 Å². The maximum atomic E-state index is 12.2. The summed E-state index contributed by atoms with van der Waals surface area (Å²) in [6.45, 7) is 4.27. The summed E-state index contributed by atoms with van der Waals surface area (Å²) in [7, 11) is 0. The normalized spacial score (nSPS) is 15.7. The second-order valence-electron chi connectivity index (χ2n) is 6.77. The fourth-order valence-corrected chi connectivity index (χ4v) is 3.38. The Bertz CT molecular complexity index is 1050. The minimum atomic E-state index is -0.510.